The predicted molar refractivity (Wildman–Crippen MR) is 74.9 cm³/mol. The molecule has 0 amide bonds. The van der Waals surface area contributed by atoms with E-state index in [9.17, 15) is 14.9 Å². The lowest BCUT2D eigenvalue weighted by Crippen LogP contribution is -2.04. The smallest absolute Gasteiger partial charge is 0.357 e. The zero-order valence-electron chi connectivity index (χ0n) is 11.0. The molecule has 1 aromatic carbocycles. The first-order valence-corrected chi connectivity index (χ1v) is 6.79. The van der Waals surface area contributed by atoms with Crippen molar-refractivity contribution in [2.75, 3.05) is 6.61 Å². The van der Waals surface area contributed by atoms with Gasteiger partial charge in [0.15, 0.2) is 5.69 Å². The molecule has 0 fully saturated rings. The highest BCUT2D eigenvalue weighted by atomic mass is 32.1. The van der Waals surface area contributed by atoms with Crippen molar-refractivity contribution in [3.05, 3.63) is 45.0 Å². The summed E-state index contributed by atoms with van der Waals surface area (Å²) in [7, 11) is 0. The molecule has 1 aromatic heterocycles. The first-order chi connectivity index (χ1) is 9.52. The van der Waals surface area contributed by atoms with Crippen molar-refractivity contribution in [1.82, 2.24) is 4.98 Å². The largest absolute Gasteiger partial charge is 0.461 e. The van der Waals surface area contributed by atoms with Crippen LogP contribution in [0.3, 0.4) is 0 Å². The lowest BCUT2D eigenvalue weighted by atomic mass is 10.1. The molecule has 6 nitrogen and oxygen atoms in total. The Kier molecular flexibility index (Phi) is 4.09. The summed E-state index contributed by atoms with van der Waals surface area (Å²) in [5.41, 5.74) is 1.35. The zero-order chi connectivity index (χ0) is 14.7. The highest BCUT2D eigenvalue weighted by molar-refractivity contribution is 7.13. The standard InChI is InChI=1S/C13H12N2O4S/c1-3-19-13(16)10-7-20-12(14-10)9-5-4-8(2)6-11(9)15(17)18/h4-7H,3H2,1-2H3. The van der Waals surface area contributed by atoms with Gasteiger partial charge in [-0.3, -0.25) is 10.1 Å². The summed E-state index contributed by atoms with van der Waals surface area (Å²) in [6.07, 6.45) is 0. The molecule has 0 atom stereocenters. The van der Waals surface area contributed by atoms with Crippen LogP contribution in [-0.2, 0) is 4.74 Å². The quantitative estimate of drug-likeness (QED) is 0.491. The number of nitro benzene ring substituents is 1. The molecule has 0 saturated heterocycles. The SMILES string of the molecule is CCOC(=O)c1csc(-c2ccc(C)cc2[N+](=O)[O-])n1. The van der Waals surface area contributed by atoms with Crippen LogP contribution in [0.25, 0.3) is 10.6 Å². The van der Waals surface area contributed by atoms with Gasteiger partial charge in [-0.15, -0.1) is 11.3 Å². The van der Waals surface area contributed by atoms with Crippen molar-refractivity contribution in [1.29, 1.82) is 0 Å². The molecule has 0 aliphatic carbocycles. The number of nitro groups is 1. The molecule has 1 heterocycles. The summed E-state index contributed by atoms with van der Waals surface area (Å²) >= 11 is 1.18. The van der Waals surface area contributed by atoms with Gasteiger partial charge in [0.2, 0.25) is 0 Å². The van der Waals surface area contributed by atoms with E-state index in [1.165, 1.54) is 22.8 Å². The molecule has 0 aliphatic heterocycles. The van der Waals surface area contributed by atoms with E-state index < -0.39 is 10.9 Å². The van der Waals surface area contributed by atoms with Crippen LogP contribution in [0.5, 0.6) is 0 Å². The topological polar surface area (TPSA) is 82.3 Å². The molecular formula is C13H12N2O4S. The van der Waals surface area contributed by atoms with Crippen molar-refractivity contribution in [3.63, 3.8) is 0 Å². The minimum Gasteiger partial charge on any atom is -0.461 e. The van der Waals surface area contributed by atoms with Gasteiger partial charge in [-0.25, -0.2) is 9.78 Å². The number of aryl methyl sites for hydroxylation is 1. The fraction of sp³-hybridized carbons (Fsp3) is 0.231. The first-order valence-electron chi connectivity index (χ1n) is 5.91. The summed E-state index contributed by atoms with van der Waals surface area (Å²) < 4.78 is 4.85. The van der Waals surface area contributed by atoms with E-state index in [0.717, 1.165) is 5.56 Å². The monoisotopic (exact) mass is 292 g/mol. The average molecular weight is 292 g/mol. The Morgan fingerprint density at radius 1 is 1.50 bits per heavy atom. The third-order valence-corrected chi connectivity index (χ3v) is 3.44. The Morgan fingerprint density at radius 2 is 2.25 bits per heavy atom. The molecule has 0 aliphatic rings. The number of ether oxygens (including phenoxy) is 1. The Morgan fingerprint density at radius 3 is 2.90 bits per heavy atom. The zero-order valence-corrected chi connectivity index (χ0v) is 11.8. The normalized spacial score (nSPS) is 10.3. The molecule has 2 aromatic rings. The fourth-order valence-corrected chi connectivity index (χ4v) is 2.49. The summed E-state index contributed by atoms with van der Waals surface area (Å²) in [4.78, 5) is 26.3. The Balaban J connectivity index is 2.42. The van der Waals surface area contributed by atoms with Gasteiger partial charge in [0, 0.05) is 11.4 Å². The Labute approximate surface area is 119 Å². The van der Waals surface area contributed by atoms with Gasteiger partial charge in [0.25, 0.3) is 5.69 Å². The molecule has 0 N–H and O–H groups in total. The second-order valence-electron chi connectivity index (χ2n) is 4.04. The highest BCUT2D eigenvalue weighted by Crippen LogP contribution is 2.32. The maximum absolute atomic E-state index is 11.6. The molecule has 0 radical (unpaired) electrons. The van der Waals surface area contributed by atoms with E-state index in [1.54, 1.807) is 26.0 Å². The Bertz CT molecular complexity index is 666. The average Bonchev–Trinajstić information content (AvgIpc) is 2.88. The summed E-state index contributed by atoms with van der Waals surface area (Å²) in [6, 6.07) is 4.90. The van der Waals surface area contributed by atoms with Crippen LogP contribution < -0.4 is 0 Å². The van der Waals surface area contributed by atoms with Crippen LogP contribution >= 0.6 is 11.3 Å². The van der Waals surface area contributed by atoms with Gasteiger partial charge < -0.3 is 4.74 Å². The number of thiazole rings is 1. The molecule has 20 heavy (non-hydrogen) atoms. The van der Waals surface area contributed by atoms with E-state index in [2.05, 4.69) is 4.98 Å². The van der Waals surface area contributed by atoms with Crippen LogP contribution in [0.1, 0.15) is 23.0 Å². The van der Waals surface area contributed by atoms with Crippen molar-refractivity contribution in [2.24, 2.45) is 0 Å². The van der Waals surface area contributed by atoms with Gasteiger partial charge >= 0.3 is 5.97 Å². The molecular weight excluding hydrogens is 280 g/mol. The molecule has 0 spiro atoms. The Hall–Kier alpha value is -2.28. The molecule has 0 saturated carbocycles. The number of rotatable bonds is 4. The number of hydrogen-bond acceptors (Lipinski definition) is 6. The van der Waals surface area contributed by atoms with Gasteiger partial charge in [-0.05, 0) is 25.5 Å². The highest BCUT2D eigenvalue weighted by Gasteiger charge is 2.20. The predicted octanol–water partition coefficient (Wildman–Crippen LogP) is 3.20. The number of aromatic nitrogens is 1. The van der Waals surface area contributed by atoms with E-state index in [1.807, 2.05) is 0 Å². The maximum Gasteiger partial charge on any atom is 0.357 e. The molecule has 7 heteroatoms. The third-order valence-electron chi connectivity index (χ3n) is 2.57. The summed E-state index contributed by atoms with van der Waals surface area (Å²) in [5.74, 6) is -0.523. The fourth-order valence-electron chi connectivity index (χ4n) is 1.67. The number of hydrogen-bond donors (Lipinski definition) is 0. The van der Waals surface area contributed by atoms with Crippen LogP contribution in [-0.4, -0.2) is 22.5 Å². The van der Waals surface area contributed by atoms with E-state index >= 15 is 0 Å². The van der Waals surface area contributed by atoms with Gasteiger partial charge in [-0.1, -0.05) is 6.07 Å². The second-order valence-corrected chi connectivity index (χ2v) is 4.89. The first kappa shape index (κ1) is 14.1. The van der Waals surface area contributed by atoms with Crippen molar-refractivity contribution in [2.45, 2.75) is 13.8 Å². The van der Waals surface area contributed by atoms with E-state index in [0.29, 0.717) is 10.6 Å². The van der Waals surface area contributed by atoms with Crippen molar-refractivity contribution < 1.29 is 14.5 Å². The lowest BCUT2D eigenvalue weighted by molar-refractivity contribution is -0.384. The number of esters is 1. The maximum atomic E-state index is 11.6. The van der Waals surface area contributed by atoms with E-state index in [4.69, 9.17) is 4.74 Å². The molecule has 0 unspecified atom stereocenters. The minimum atomic E-state index is -0.523. The molecule has 104 valence electrons. The van der Waals surface area contributed by atoms with Crippen LogP contribution in [0.2, 0.25) is 0 Å². The number of nitrogens with zero attached hydrogens (tertiary/aromatic N) is 2. The number of carbonyl (C=O) groups excluding carboxylic acids is 1. The van der Waals surface area contributed by atoms with Gasteiger partial charge in [0.05, 0.1) is 17.1 Å². The van der Waals surface area contributed by atoms with E-state index in [-0.39, 0.29) is 18.0 Å². The van der Waals surface area contributed by atoms with Gasteiger partial charge in [0.1, 0.15) is 5.01 Å². The summed E-state index contributed by atoms with van der Waals surface area (Å²) in [5, 5.41) is 13.1. The molecule has 0 bridgehead atoms. The molecule has 2 rings (SSSR count). The van der Waals surface area contributed by atoms with Crippen molar-refractivity contribution >= 4 is 23.0 Å². The van der Waals surface area contributed by atoms with Crippen LogP contribution in [0.15, 0.2) is 23.6 Å². The third kappa shape index (κ3) is 2.83. The van der Waals surface area contributed by atoms with Gasteiger partial charge in [-0.2, -0.15) is 0 Å². The lowest BCUT2D eigenvalue weighted by Gasteiger charge is -2.00. The minimum absolute atomic E-state index is 0.0187. The number of benzene rings is 1. The van der Waals surface area contributed by atoms with Crippen molar-refractivity contribution in [3.8, 4) is 10.6 Å². The van der Waals surface area contributed by atoms with Crippen LogP contribution in [0.4, 0.5) is 5.69 Å². The summed E-state index contributed by atoms with van der Waals surface area (Å²) in [6.45, 7) is 3.75. The number of carbonyl (C=O) groups is 1. The van der Waals surface area contributed by atoms with Crippen LogP contribution in [0, 0.1) is 17.0 Å². The second kappa shape index (κ2) is 5.79.